The average molecular weight is 353 g/mol. The van der Waals surface area contributed by atoms with E-state index in [0.29, 0.717) is 28.6 Å². The third kappa shape index (κ3) is 3.00. The maximum atomic E-state index is 14.4. The van der Waals surface area contributed by atoms with Gasteiger partial charge in [0.15, 0.2) is 0 Å². The van der Waals surface area contributed by atoms with E-state index in [9.17, 15) is 9.18 Å². The summed E-state index contributed by atoms with van der Waals surface area (Å²) >= 11 is 0. The number of carbonyl (C=O) groups is 1. The van der Waals surface area contributed by atoms with E-state index in [4.69, 9.17) is 0 Å². The second-order valence-electron chi connectivity index (χ2n) is 6.84. The number of likely N-dealkylation sites (tertiary alicyclic amines) is 1. The molecule has 1 aliphatic heterocycles. The number of rotatable bonds is 3. The van der Waals surface area contributed by atoms with E-state index in [1.165, 1.54) is 6.07 Å². The highest BCUT2D eigenvalue weighted by atomic mass is 19.1. The van der Waals surface area contributed by atoms with Crippen molar-refractivity contribution in [2.24, 2.45) is 0 Å². The van der Waals surface area contributed by atoms with Crippen LogP contribution in [-0.4, -0.2) is 38.4 Å². The summed E-state index contributed by atoms with van der Waals surface area (Å²) in [6.45, 7) is 5.70. The van der Waals surface area contributed by atoms with Gasteiger partial charge >= 0.3 is 6.03 Å². The Morgan fingerprint density at radius 3 is 2.77 bits per heavy atom. The van der Waals surface area contributed by atoms with Crippen molar-refractivity contribution in [3.63, 3.8) is 0 Å². The third-order valence-electron chi connectivity index (χ3n) is 4.63. The lowest BCUT2D eigenvalue weighted by molar-refractivity contribution is 0.181. The summed E-state index contributed by atoms with van der Waals surface area (Å²) in [4.78, 5) is 22.5. The van der Waals surface area contributed by atoms with Crippen molar-refractivity contribution in [3.05, 3.63) is 48.2 Å². The molecule has 134 valence electrons. The predicted molar refractivity (Wildman–Crippen MR) is 97.7 cm³/mol. The highest BCUT2D eigenvalue weighted by Crippen LogP contribution is 2.26. The van der Waals surface area contributed by atoms with Crippen LogP contribution in [0.4, 0.5) is 14.9 Å². The Balaban J connectivity index is 1.66. The van der Waals surface area contributed by atoms with Crippen LogP contribution in [0.3, 0.4) is 0 Å². The summed E-state index contributed by atoms with van der Waals surface area (Å²) < 4.78 is 16.2. The summed E-state index contributed by atoms with van der Waals surface area (Å²) in [5, 5.41) is 2.81. The fourth-order valence-electron chi connectivity index (χ4n) is 2.85. The molecular weight excluding hydrogens is 333 g/mol. The van der Waals surface area contributed by atoms with Crippen LogP contribution >= 0.6 is 0 Å². The average Bonchev–Trinajstić information content (AvgIpc) is 2.97. The third-order valence-corrected chi connectivity index (χ3v) is 4.63. The van der Waals surface area contributed by atoms with Crippen LogP contribution in [0, 0.1) is 5.82 Å². The van der Waals surface area contributed by atoms with Crippen LogP contribution in [0.2, 0.25) is 0 Å². The van der Waals surface area contributed by atoms with E-state index in [2.05, 4.69) is 29.1 Å². The molecule has 3 heterocycles. The van der Waals surface area contributed by atoms with Gasteiger partial charge in [0.1, 0.15) is 5.82 Å². The van der Waals surface area contributed by atoms with E-state index in [1.54, 1.807) is 33.8 Å². The van der Waals surface area contributed by atoms with Crippen LogP contribution in [0.15, 0.2) is 36.8 Å². The van der Waals surface area contributed by atoms with Gasteiger partial charge in [-0.05, 0) is 36.1 Å². The van der Waals surface area contributed by atoms with Gasteiger partial charge in [-0.3, -0.25) is 4.40 Å². The number of urea groups is 1. The molecule has 0 unspecified atom stereocenters. The molecule has 1 aromatic carbocycles. The number of nitrogens with one attached hydrogen (secondary N) is 1. The Bertz CT molecular complexity index is 977. The first-order valence-electron chi connectivity index (χ1n) is 8.72. The van der Waals surface area contributed by atoms with Gasteiger partial charge in [-0.1, -0.05) is 13.8 Å². The lowest BCUT2D eigenvalue weighted by Crippen LogP contribution is -2.44. The smallest absolute Gasteiger partial charge is 0.321 e. The Kier molecular flexibility index (Phi) is 4.06. The van der Waals surface area contributed by atoms with Crippen LogP contribution in [-0.2, 0) is 0 Å². The molecule has 1 saturated heterocycles. The molecule has 3 aromatic rings. The number of halogens is 1. The van der Waals surface area contributed by atoms with E-state index in [-0.39, 0.29) is 11.8 Å². The van der Waals surface area contributed by atoms with Crippen molar-refractivity contribution in [1.29, 1.82) is 0 Å². The number of anilines is 1. The fourth-order valence-corrected chi connectivity index (χ4v) is 2.85. The normalized spacial score (nSPS) is 13.9. The molecule has 0 saturated carbocycles. The molecule has 7 heteroatoms. The number of carbonyl (C=O) groups excluding carboxylic acids is 1. The van der Waals surface area contributed by atoms with Gasteiger partial charge in [0, 0.05) is 42.9 Å². The number of imidazole rings is 1. The molecule has 0 bridgehead atoms. The molecule has 1 N–H and O–H groups in total. The Hall–Kier alpha value is -2.96. The van der Waals surface area contributed by atoms with Crippen LogP contribution in [0.25, 0.3) is 17.0 Å². The minimum atomic E-state index is -0.389. The van der Waals surface area contributed by atoms with Crippen LogP contribution < -0.4 is 5.32 Å². The van der Waals surface area contributed by atoms with Crippen molar-refractivity contribution < 1.29 is 9.18 Å². The van der Waals surface area contributed by atoms with E-state index >= 15 is 0 Å². The summed E-state index contributed by atoms with van der Waals surface area (Å²) in [5.41, 5.74) is 2.45. The molecule has 2 amide bonds. The monoisotopic (exact) mass is 353 g/mol. The molecule has 26 heavy (non-hydrogen) atoms. The maximum Gasteiger partial charge on any atom is 0.321 e. The number of nitrogens with zero attached hydrogens (tertiary/aromatic N) is 4. The quantitative estimate of drug-likeness (QED) is 0.777. The fraction of sp³-hybridized carbons (Fsp3) is 0.316. The number of fused-ring (bicyclic) bond motifs is 1. The lowest BCUT2D eigenvalue weighted by Gasteiger charge is -2.30. The zero-order valence-electron chi connectivity index (χ0n) is 14.7. The highest BCUT2D eigenvalue weighted by Gasteiger charge is 2.20. The number of benzene rings is 1. The minimum Gasteiger partial charge on any atom is -0.324 e. The second kappa shape index (κ2) is 6.40. The summed E-state index contributed by atoms with van der Waals surface area (Å²) in [6.07, 6.45) is 6.52. The van der Waals surface area contributed by atoms with Crippen LogP contribution in [0.1, 0.15) is 31.7 Å². The number of amides is 2. The Labute approximate surface area is 150 Å². The molecular formula is C19H20FN5O. The Morgan fingerprint density at radius 2 is 2.08 bits per heavy atom. The topological polar surface area (TPSA) is 62.5 Å². The van der Waals surface area contributed by atoms with Crippen molar-refractivity contribution >= 4 is 17.5 Å². The van der Waals surface area contributed by atoms with Crippen molar-refractivity contribution in [1.82, 2.24) is 19.3 Å². The standard InChI is InChI=1S/C19H20FN5O/c1-12(2)13-9-21-18-23-17(11-25(18)10-13)15-8-14(4-5-16(15)20)22-19(26)24-6-3-7-24/h4-5,8-12H,3,6-7H2,1-2H3,(H,22,26). The van der Waals surface area contributed by atoms with Gasteiger partial charge in [-0.25, -0.2) is 19.2 Å². The summed E-state index contributed by atoms with van der Waals surface area (Å²) in [6, 6.07) is 4.35. The van der Waals surface area contributed by atoms with Crippen molar-refractivity contribution in [3.8, 4) is 11.3 Å². The van der Waals surface area contributed by atoms with Gasteiger partial charge in [-0.2, -0.15) is 0 Å². The van der Waals surface area contributed by atoms with E-state index < -0.39 is 0 Å². The molecule has 1 fully saturated rings. The van der Waals surface area contributed by atoms with Gasteiger partial charge < -0.3 is 10.2 Å². The maximum absolute atomic E-state index is 14.4. The van der Waals surface area contributed by atoms with E-state index in [1.807, 2.05) is 6.20 Å². The van der Waals surface area contributed by atoms with Gasteiger partial charge in [0.2, 0.25) is 5.78 Å². The van der Waals surface area contributed by atoms with Gasteiger partial charge in [0.05, 0.1) is 5.69 Å². The highest BCUT2D eigenvalue weighted by molar-refractivity contribution is 5.90. The minimum absolute atomic E-state index is 0.160. The Morgan fingerprint density at radius 1 is 1.27 bits per heavy atom. The van der Waals surface area contributed by atoms with E-state index in [0.717, 1.165) is 25.1 Å². The first kappa shape index (κ1) is 16.5. The molecule has 1 aliphatic rings. The first-order chi connectivity index (χ1) is 12.5. The second-order valence-corrected chi connectivity index (χ2v) is 6.84. The zero-order valence-corrected chi connectivity index (χ0v) is 14.7. The molecule has 6 nitrogen and oxygen atoms in total. The lowest BCUT2D eigenvalue weighted by atomic mass is 10.1. The van der Waals surface area contributed by atoms with Crippen molar-refractivity contribution in [2.75, 3.05) is 18.4 Å². The number of aromatic nitrogens is 3. The molecule has 0 aliphatic carbocycles. The SMILES string of the molecule is CC(C)c1cnc2nc(-c3cc(NC(=O)N4CCC4)ccc3F)cn2c1. The predicted octanol–water partition coefficient (Wildman–Crippen LogP) is 3.90. The molecule has 0 atom stereocenters. The van der Waals surface area contributed by atoms with Gasteiger partial charge in [-0.15, -0.1) is 0 Å². The van der Waals surface area contributed by atoms with Crippen molar-refractivity contribution in [2.45, 2.75) is 26.2 Å². The zero-order chi connectivity index (χ0) is 18.3. The number of hydrogen-bond acceptors (Lipinski definition) is 3. The molecule has 0 radical (unpaired) electrons. The summed E-state index contributed by atoms with van der Waals surface area (Å²) in [5.74, 6) is 0.466. The largest absolute Gasteiger partial charge is 0.324 e. The molecule has 2 aromatic heterocycles. The van der Waals surface area contributed by atoms with Crippen LogP contribution in [0.5, 0.6) is 0 Å². The van der Waals surface area contributed by atoms with Gasteiger partial charge in [0.25, 0.3) is 0 Å². The molecule has 0 spiro atoms. The molecule has 4 rings (SSSR count). The summed E-state index contributed by atoms with van der Waals surface area (Å²) in [7, 11) is 0. The number of hydrogen-bond donors (Lipinski definition) is 1. The first-order valence-corrected chi connectivity index (χ1v) is 8.72.